The van der Waals surface area contributed by atoms with E-state index in [2.05, 4.69) is 25.9 Å². The smallest absolute Gasteiger partial charge is 0.245 e. The minimum atomic E-state index is -0.918. The van der Waals surface area contributed by atoms with Gasteiger partial charge in [-0.05, 0) is 86.1 Å². The Bertz CT molecular complexity index is 2060. The average molecular weight is 771 g/mol. The number of likely N-dealkylation sites (N-methyl/N-ethyl adjacent to an activating group) is 1. The Balaban J connectivity index is 1.43. The van der Waals surface area contributed by atoms with Crippen LogP contribution in [0.25, 0.3) is 16.6 Å². The summed E-state index contributed by atoms with van der Waals surface area (Å²) in [6, 6.07) is 13.0. The number of pyridine rings is 1. The molecule has 0 fully saturated rings. The van der Waals surface area contributed by atoms with Crippen LogP contribution in [0.15, 0.2) is 89.6 Å². The fourth-order valence-electron chi connectivity index (χ4n) is 6.71. The number of carbonyl (C=O) groups excluding carboxylic acids is 3. The van der Waals surface area contributed by atoms with Crippen molar-refractivity contribution in [2.75, 3.05) is 20.1 Å². The van der Waals surface area contributed by atoms with Gasteiger partial charge >= 0.3 is 0 Å². The Morgan fingerprint density at radius 3 is 2.54 bits per heavy atom. The van der Waals surface area contributed by atoms with E-state index in [1.165, 1.54) is 16.7 Å². The molecule has 3 aromatic heterocycles. The van der Waals surface area contributed by atoms with Gasteiger partial charge in [0.05, 0.1) is 17.4 Å². The van der Waals surface area contributed by atoms with Gasteiger partial charge in [-0.25, -0.2) is 9.97 Å². The monoisotopic (exact) mass is 770 g/mol. The van der Waals surface area contributed by atoms with Gasteiger partial charge in [0.2, 0.25) is 17.7 Å². The topological polar surface area (TPSA) is 189 Å². The first-order valence-corrected chi connectivity index (χ1v) is 19.4. The molecule has 0 aliphatic carbocycles. The molecule has 3 atom stereocenters. The van der Waals surface area contributed by atoms with Crippen LogP contribution in [-0.2, 0) is 33.9 Å². The zero-order chi connectivity index (χ0) is 38.0. The van der Waals surface area contributed by atoms with Gasteiger partial charge in [-0.2, -0.15) is 0 Å². The molecule has 3 unspecified atom stereocenters. The quantitative estimate of drug-likeness (QED) is 0.114. The van der Waals surface area contributed by atoms with Gasteiger partial charge in [0.25, 0.3) is 0 Å². The van der Waals surface area contributed by atoms with Crippen LogP contribution in [0, 0.1) is 0 Å². The van der Waals surface area contributed by atoms with Crippen LogP contribution in [0.5, 0.6) is 0 Å². The fourth-order valence-corrected chi connectivity index (χ4v) is 8.05. The third-order valence-electron chi connectivity index (χ3n) is 9.73. The fraction of sp³-hybridized carbons (Fsp3) is 0.359. The van der Waals surface area contributed by atoms with E-state index in [0.29, 0.717) is 61.8 Å². The van der Waals surface area contributed by atoms with E-state index >= 15 is 0 Å². The van der Waals surface area contributed by atoms with Crippen LogP contribution >= 0.6 is 23.4 Å². The van der Waals surface area contributed by atoms with Crippen molar-refractivity contribution in [1.29, 1.82) is 0 Å². The highest BCUT2D eigenvalue weighted by Gasteiger charge is 2.34. The number of fused-ring (bicyclic) bond motifs is 3. The number of amides is 3. The van der Waals surface area contributed by atoms with Crippen molar-refractivity contribution >= 4 is 52.0 Å². The molecule has 2 aromatic carbocycles. The zero-order valence-corrected chi connectivity index (χ0v) is 31.8. The molecule has 1 aliphatic heterocycles. The molecule has 4 heterocycles. The Morgan fingerprint density at radius 2 is 1.74 bits per heavy atom. The summed E-state index contributed by atoms with van der Waals surface area (Å²) < 4.78 is 1.85. The third kappa shape index (κ3) is 9.31. The molecule has 284 valence electrons. The van der Waals surface area contributed by atoms with Crippen molar-refractivity contribution in [3.05, 3.63) is 101 Å². The van der Waals surface area contributed by atoms with Gasteiger partial charge in [-0.3, -0.25) is 14.4 Å². The highest BCUT2D eigenvalue weighted by Crippen LogP contribution is 2.38. The summed E-state index contributed by atoms with van der Waals surface area (Å²) in [5.41, 5.74) is 15.9. The number of benzene rings is 2. The van der Waals surface area contributed by atoms with Gasteiger partial charge in [0.15, 0.2) is 0 Å². The first-order valence-electron chi connectivity index (χ1n) is 18.2. The molecule has 1 aliphatic rings. The van der Waals surface area contributed by atoms with E-state index in [0.717, 1.165) is 38.2 Å². The maximum atomic E-state index is 14.5. The Hall–Kier alpha value is -4.73. The molecular formula is C39H47ClN10O3S. The molecule has 0 bridgehead atoms. The predicted molar refractivity (Wildman–Crippen MR) is 211 cm³/mol. The molecule has 5 aromatic rings. The van der Waals surface area contributed by atoms with Crippen LogP contribution < -0.4 is 27.4 Å². The molecule has 0 saturated carbocycles. The van der Waals surface area contributed by atoms with Crippen LogP contribution in [-0.4, -0.2) is 80.4 Å². The molecule has 8 N–H and O–H groups in total. The van der Waals surface area contributed by atoms with Crippen LogP contribution in [0.1, 0.15) is 48.8 Å². The van der Waals surface area contributed by atoms with Gasteiger partial charge < -0.3 is 41.9 Å². The largest absolute Gasteiger partial charge is 0.361 e. The van der Waals surface area contributed by atoms with E-state index in [1.54, 1.807) is 25.8 Å². The normalized spacial score (nSPS) is 18.9. The number of nitrogens with two attached hydrogens (primary N) is 2. The van der Waals surface area contributed by atoms with Crippen molar-refractivity contribution in [3.63, 3.8) is 0 Å². The third-order valence-corrected chi connectivity index (χ3v) is 11.4. The Kier molecular flexibility index (Phi) is 13.4. The number of aromatic amines is 1. The number of H-pyrrole nitrogens is 1. The minimum absolute atomic E-state index is 0.119. The molecule has 0 spiro atoms. The summed E-state index contributed by atoms with van der Waals surface area (Å²) in [5, 5.41) is 11.7. The summed E-state index contributed by atoms with van der Waals surface area (Å²) in [7, 11) is 1.63. The molecule has 15 heteroatoms. The number of carbonyl (C=O) groups is 3. The molecule has 0 saturated heterocycles. The minimum Gasteiger partial charge on any atom is -0.361 e. The number of imidazole rings is 1. The molecule has 13 nitrogen and oxygen atoms in total. The number of nitrogens with one attached hydrogen (secondary N) is 4. The molecule has 3 amide bonds. The van der Waals surface area contributed by atoms with Gasteiger partial charge in [0.1, 0.15) is 17.1 Å². The molecule has 54 heavy (non-hydrogen) atoms. The summed E-state index contributed by atoms with van der Waals surface area (Å²) in [5.74, 6) is -1.03. The number of aromatic nitrogens is 4. The van der Waals surface area contributed by atoms with Gasteiger partial charge in [0, 0.05) is 72.8 Å². The first kappa shape index (κ1) is 39.0. The highest BCUT2D eigenvalue weighted by atomic mass is 35.5. The van der Waals surface area contributed by atoms with Crippen molar-refractivity contribution in [2.45, 2.75) is 79.7 Å². The molecule has 6 rings (SSSR count). The zero-order valence-electron chi connectivity index (χ0n) is 30.3. The lowest BCUT2D eigenvalue weighted by Crippen LogP contribution is -2.57. The SMILES string of the molecule is CN1C(=O)C(CCCCN)NC(=O)C(CCCN)NCc2cccnc2Sc2c(Cl)cc(-n3ccnc3)cc2CNC(=O)C1Cc1c[nH]c2ccccc12. The lowest BCUT2D eigenvalue weighted by atomic mass is 10.0. The van der Waals surface area contributed by atoms with Crippen LogP contribution in [0.4, 0.5) is 0 Å². The number of unbranched alkanes of at least 4 members (excludes halogenated alkanes) is 1. The van der Waals surface area contributed by atoms with Crippen molar-refractivity contribution < 1.29 is 14.4 Å². The van der Waals surface area contributed by atoms with Crippen LogP contribution in [0.3, 0.4) is 0 Å². The molecular weight excluding hydrogens is 724 g/mol. The number of nitrogens with zero attached hydrogens (tertiary/aromatic N) is 4. The second-order valence-electron chi connectivity index (χ2n) is 13.4. The summed E-state index contributed by atoms with van der Waals surface area (Å²) in [4.78, 5) is 57.4. The predicted octanol–water partition coefficient (Wildman–Crippen LogP) is 4.06. The maximum Gasteiger partial charge on any atom is 0.245 e. The number of halogens is 1. The van der Waals surface area contributed by atoms with Gasteiger partial charge in [-0.15, -0.1) is 0 Å². The van der Waals surface area contributed by atoms with Crippen LogP contribution in [0.2, 0.25) is 5.02 Å². The van der Waals surface area contributed by atoms with E-state index in [4.69, 9.17) is 28.1 Å². The second kappa shape index (κ2) is 18.5. The standard InChI is InChI=1S/C39H47ClN10O3S/c1-49-34(19-26-22-45-31-10-3-2-9-29(26)31)37(52)47-23-27-18-28(50-17-16-43-24-50)20-30(40)35(27)54-38-25(8-7-15-44-38)21-46-32(12-6-14-42)36(51)48-33(39(49)53)11-4-5-13-41/h2-3,7-10,15-18,20,22,24,32-34,45-46H,4-6,11-14,19,21,23,41-42H2,1H3,(H,47,52)(H,48,51). The summed E-state index contributed by atoms with van der Waals surface area (Å²) in [6.07, 6.45) is 11.7. The highest BCUT2D eigenvalue weighted by molar-refractivity contribution is 7.99. The number of hydrogen-bond donors (Lipinski definition) is 6. The van der Waals surface area contributed by atoms with Crippen molar-refractivity contribution in [3.8, 4) is 5.69 Å². The van der Waals surface area contributed by atoms with Crippen molar-refractivity contribution in [1.82, 2.24) is 40.4 Å². The number of hydrogen-bond acceptors (Lipinski definition) is 9. The average Bonchev–Trinajstić information content (AvgIpc) is 3.87. The number of rotatable bonds is 10. The van der Waals surface area contributed by atoms with E-state index in [1.807, 2.05) is 65.5 Å². The summed E-state index contributed by atoms with van der Waals surface area (Å²) >= 11 is 8.43. The summed E-state index contributed by atoms with van der Waals surface area (Å²) in [6.45, 7) is 1.31. The number of para-hydroxylation sites is 1. The second-order valence-corrected chi connectivity index (χ2v) is 14.8. The lowest BCUT2D eigenvalue weighted by molar-refractivity contribution is -0.142. The van der Waals surface area contributed by atoms with E-state index in [-0.39, 0.29) is 30.7 Å². The van der Waals surface area contributed by atoms with Crippen molar-refractivity contribution in [2.24, 2.45) is 11.5 Å². The van der Waals surface area contributed by atoms with Gasteiger partial charge in [-0.1, -0.05) is 47.6 Å². The van der Waals surface area contributed by atoms with E-state index in [9.17, 15) is 14.4 Å². The molecule has 0 radical (unpaired) electrons. The Labute approximate surface area is 324 Å². The Morgan fingerprint density at radius 1 is 0.926 bits per heavy atom. The van der Waals surface area contributed by atoms with E-state index < -0.39 is 18.1 Å². The lowest BCUT2D eigenvalue weighted by Gasteiger charge is -2.32. The maximum absolute atomic E-state index is 14.5. The first-order chi connectivity index (χ1) is 26.3.